The van der Waals surface area contributed by atoms with Crippen LogP contribution in [0.15, 0.2) is 24.3 Å². The topological polar surface area (TPSA) is 52.5 Å². The number of hydrogen-bond donors (Lipinski definition) is 0. The highest BCUT2D eigenvalue weighted by molar-refractivity contribution is 5.56. The SMILES string of the molecule is Cn1c(-c2ccc(OCC3CO3)cc2)nnc1C(F)(F)F. The maximum Gasteiger partial charge on any atom is 0.451 e. The minimum absolute atomic E-state index is 0.151. The molecular formula is C13H12F3N3O2. The normalized spacial score (nSPS) is 17.8. The molecule has 1 aromatic heterocycles. The number of alkyl halides is 3. The Morgan fingerprint density at radius 2 is 1.95 bits per heavy atom. The van der Waals surface area contributed by atoms with Crippen LogP contribution in [0.2, 0.25) is 0 Å². The first-order valence-corrected chi connectivity index (χ1v) is 6.26. The van der Waals surface area contributed by atoms with Crippen molar-refractivity contribution in [3.8, 4) is 17.1 Å². The van der Waals surface area contributed by atoms with E-state index in [9.17, 15) is 13.2 Å². The molecule has 1 saturated heterocycles. The van der Waals surface area contributed by atoms with Crippen molar-refractivity contribution in [2.24, 2.45) is 7.05 Å². The van der Waals surface area contributed by atoms with Gasteiger partial charge in [0, 0.05) is 12.6 Å². The quantitative estimate of drug-likeness (QED) is 0.813. The van der Waals surface area contributed by atoms with E-state index in [2.05, 4.69) is 10.2 Å². The molecule has 1 aromatic carbocycles. The van der Waals surface area contributed by atoms with Crippen molar-refractivity contribution in [3.05, 3.63) is 30.1 Å². The van der Waals surface area contributed by atoms with Crippen LogP contribution < -0.4 is 4.74 Å². The molecule has 1 unspecified atom stereocenters. The van der Waals surface area contributed by atoms with Crippen LogP contribution in [0.4, 0.5) is 13.2 Å². The van der Waals surface area contributed by atoms with Crippen molar-refractivity contribution in [1.82, 2.24) is 14.8 Å². The molecule has 0 radical (unpaired) electrons. The molecule has 1 atom stereocenters. The molecule has 1 fully saturated rings. The van der Waals surface area contributed by atoms with Crippen LogP contribution in [0.25, 0.3) is 11.4 Å². The number of benzene rings is 1. The zero-order valence-electron chi connectivity index (χ0n) is 11.1. The van der Waals surface area contributed by atoms with E-state index in [1.54, 1.807) is 24.3 Å². The zero-order chi connectivity index (χ0) is 15.0. The molecule has 2 aromatic rings. The lowest BCUT2D eigenvalue weighted by molar-refractivity contribution is -0.146. The molecule has 21 heavy (non-hydrogen) atoms. The highest BCUT2D eigenvalue weighted by Gasteiger charge is 2.37. The number of aromatic nitrogens is 3. The van der Waals surface area contributed by atoms with Gasteiger partial charge >= 0.3 is 6.18 Å². The van der Waals surface area contributed by atoms with Gasteiger partial charge in [0.2, 0.25) is 5.82 Å². The molecule has 1 aliphatic rings. The smallest absolute Gasteiger partial charge is 0.451 e. The van der Waals surface area contributed by atoms with Crippen LogP contribution in [0.3, 0.4) is 0 Å². The molecule has 2 heterocycles. The summed E-state index contributed by atoms with van der Waals surface area (Å²) in [4.78, 5) is 0. The summed E-state index contributed by atoms with van der Waals surface area (Å²) in [6.07, 6.45) is -4.37. The summed E-state index contributed by atoms with van der Waals surface area (Å²) in [7, 11) is 1.28. The summed E-state index contributed by atoms with van der Waals surface area (Å²) in [6.45, 7) is 1.18. The van der Waals surface area contributed by atoms with E-state index in [1.807, 2.05) is 0 Å². The Bertz CT molecular complexity index is 633. The van der Waals surface area contributed by atoms with Crippen molar-refractivity contribution in [1.29, 1.82) is 0 Å². The molecule has 5 nitrogen and oxygen atoms in total. The van der Waals surface area contributed by atoms with Crippen LogP contribution in [0.1, 0.15) is 5.82 Å². The van der Waals surface area contributed by atoms with E-state index in [1.165, 1.54) is 7.05 Å². The van der Waals surface area contributed by atoms with Gasteiger partial charge in [-0.2, -0.15) is 13.2 Å². The zero-order valence-corrected chi connectivity index (χ0v) is 11.1. The lowest BCUT2D eigenvalue weighted by atomic mass is 10.2. The standard InChI is InChI=1S/C13H12F3N3O2/c1-19-11(17-18-12(19)13(14,15)16)8-2-4-9(5-3-8)20-6-10-7-21-10/h2-5,10H,6-7H2,1H3. The Hall–Kier alpha value is -2.09. The van der Waals surface area contributed by atoms with E-state index in [0.717, 1.165) is 4.57 Å². The fraction of sp³-hybridized carbons (Fsp3) is 0.385. The summed E-state index contributed by atoms with van der Waals surface area (Å²) in [5.74, 6) is -0.240. The summed E-state index contributed by atoms with van der Waals surface area (Å²) >= 11 is 0. The lowest BCUT2D eigenvalue weighted by Crippen LogP contribution is -2.13. The Morgan fingerprint density at radius 3 is 2.48 bits per heavy atom. The minimum Gasteiger partial charge on any atom is -0.491 e. The van der Waals surface area contributed by atoms with Gasteiger partial charge in [-0.25, -0.2) is 0 Å². The van der Waals surface area contributed by atoms with Gasteiger partial charge in [-0.3, -0.25) is 0 Å². The van der Waals surface area contributed by atoms with E-state index in [-0.39, 0.29) is 11.9 Å². The maximum atomic E-state index is 12.7. The van der Waals surface area contributed by atoms with E-state index in [0.29, 0.717) is 24.5 Å². The third-order valence-electron chi connectivity index (χ3n) is 3.08. The van der Waals surface area contributed by atoms with Gasteiger partial charge < -0.3 is 14.0 Å². The third kappa shape index (κ3) is 2.99. The van der Waals surface area contributed by atoms with Gasteiger partial charge in [0.1, 0.15) is 18.5 Å². The molecule has 112 valence electrons. The molecule has 0 N–H and O–H groups in total. The summed E-state index contributed by atoms with van der Waals surface area (Å²) in [6, 6.07) is 6.65. The number of rotatable bonds is 4. The number of hydrogen-bond acceptors (Lipinski definition) is 4. The molecule has 0 amide bonds. The van der Waals surface area contributed by atoms with Gasteiger partial charge in [0.05, 0.1) is 6.61 Å². The van der Waals surface area contributed by atoms with Gasteiger partial charge in [0.15, 0.2) is 5.82 Å². The predicted molar refractivity (Wildman–Crippen MR) is 66.7 cm³/mol. The van der Waals surface area contributed by atoms with Gasteiger partial charge in [-0.05, 0) is 24.3 Å². The van der Waals surface area contributed by atoms with Crippen molar-refractivity contribution in [3.63, 3.8) is 0 Å². The summed E-state index contributed by atoms with van der Waals surface area (Å²) in [5, 5.41) is 6.79. The summed E-state index contributed by atoms with van der Waals surface area (Å²) < 4.78 is 49.4. The van der Waals surface area contributed by atoms with Crippen LogP contribution in [-0.4, -0.2) is 34.1 Å². The number of halogens is 3. The Balaban J connectivity index is 1.78. The van der Waals surface area contributed by atoms with Crippen LogP contribution in [0.5, 0.6) is 5.75 Å². The van der Waals surface area contributed by atoms with Crippen molar-refractivity contribution in [2.75, 3.05) is 13.2 Å². The average Bonchev–Trinajstić information content (AvgIpc) is 3.17. The Kier molecular flexibility index (Phi) is 3.32. The van der Waals surface area contributed by atoms with E-state index < -0.39 is 12.0 Å². The average molecular weight is 299 g/mol. The van der Waals surface area contributed by atoms with Gasteiger partial charge in [-0.15, -0.1) is 10.2 Å². The first kappa shape index (κ1) is 13.9. The second-order valence-electron chi connectivity index (χ2n) is 4.69. The Morgan fingerprint density at radius 1 is 1.29 bits per heavy atom. The highest BCUT2D eigenvalue weighted by Crippen LogP contribution is 2.30. The molecule has 0 saturated carbocycles. The number of epoxide rings is 1. The molecule has 0 aliphatic carbocycles. The fourth-order valence-electron chi connectivity index (χ4n) is 1.88. The maximum absolute atomic E-state index is 12.7. The largest absolute Gasteiger partial charge is 0.491 e. The third-order valence-corrected chi connectivity index (χ3v) is 3.08. The van der Waals surface area contributed by atoms with Crippen molar-refractivity contribution < 1.29 is 22.6 Å². The van der Waals surface area contributed by atoms with Crippen molar-refractivity contribution >= 4 is 0 Å². The second-order valence-corrected chi connectivity index (χ2v) is 4.69. The van der Waals surface area contributed by atoms with E-state index >= 15 is 0 Å². The molecular weight excluding hydrogens is 287 g/mol. The minimum atomic E-state index is -4.52. The van der Waals surface area contributed by atoms with Gasteiger partial charge in [0.25, 0.3) is 0 Å². The summed E-state index contributed by atoms with van der Waals surface area (Å²) in [5.41, 5.74) is 0.538. The van der Waals surface area contributed by atoms with Crippen LogP contribution >= 0.6 is 0 Å². The first-order chi connectivity index (χ1) is 9.95. The number of nitrogens with zero attached hydrogens (tertiary/aromatic N) is 3. The fourth-order valence-corrected chi connectivity index (χ4v) is 1.88. The van der Waals surface area contributed by atoms with Gasteiger partial charge in [-0.1, -0.05) is 0 Å². The molecule has 8 heteroatoms. The van der Waals surface area contributed by atoms with Crippen molar-refractivity contribution in [2.45, 2.75) is 12.3 Å². The molecule has 1 aliphatic heterocycles. The first-order valence-electron chi connectivity index (χ1n) is 6.26. The molecule has 0 bridgehead atoms. The molecule has 0 spiro atoms. The predicted octanol–water partition coefficient (Wildman–Crippen LogP) is 2.28. The monoisotopic (exact) mass is 299 g/mol. The lowest BCUT2D eigenvalue weighted by Gasteiger charge is -2.07. The van der Waals surface area contributed by atoms with E-state index in [4.69, 9.17) is 9.47 Å². The second kappa shape index (κ2) is 5.03. The van der Waals surface area contributed by atoms with Crippen LogP contribution in [-0.2, 0) is 18.0 Å². The number of ether oxygens (including phenoxy) is 2. The van der Waals surface area contributed by atoms with Crippen LogP contribution in [0, 0.1) is 0 Å². The highest BCUT2D eigenvalue weighted by atomic mass is 19.4. The molecule has 3 rings (SSSR count). The Labute approximate surface area is 118 Å².